The van der Waals surface area contributed by atoms with Gasteiger partial charge in [0.2, 0.25) is 0 Å². The SMILES string of the molecule is CC(C)COC(=O)[C@@H](C)n1cnc2sc3c(c2c1=O)CC[C@@H](C)C3. The summed E-state index contributed by atoms with van der Waals surface area (Å²) in [5, 5.41) is 0.702. The van der Waals surface area contributed by atoms with Crippen LogP contribution < -0.4 is 5.56 Å². The number of hydrogen-bond donors (Lipinski definition) is 0. The summed E-state index contributed by atoms with van der Waals surface area (Å²) in [5.74, 6) is 0.534. The van der Waals surface area contributed by atoms with Crippen LogP contribution in [0.25, 0.3) is 10.2 Å². The van der Waals surface area contributed by atoms with E-state index in [-0.39, 0.29) is 17.4 Å². The Bertz CT molecular complexity index is 822. The molecule has 0 saturated heterocycles. The van der Waals surface area contributed by atoms with Crippen molar-refractivity contribution < 1.29 is 9.53 Å². The minimum atomic E-state index is -0.661. The molecule has 1 aliphatic rings. The molecule has 0 spiro atoms. The van der Waals surface area contributed by atoms with Gasteiger partial charge in [-0.2, -0.15) is 0 Å². The zero-order valence-corrected chi connectivity index (χ0v) is 15.5. The van der Waals surface area contributed by atoms with Crippen LogP contribution in [-0.4, -0.2) is 22.1 Å². The van der Waals surface area contributed by atoms with Crippen LogP contribution in [0.15, 0.2) is 11.1 Å². The molecular formula is C18H24N2O3S. The Kier molecular flexibility index (Phi) is 4.76. The molecule has 0 aliphatic heterocycles. The van der Waals surface area contributed by atoms with Crippen LogP contribution >= 0.6 is 11.3 Å². The second-order valence-corrected chi connectivity index (χ2v) is 8.27. The fourth-order valence-corrected chi connectivity index (χ4v) is 4.44. The molecule has 0 aromatic carbocycles. The van der Waals surface area contributed by atoms with Crippen molar-refractivity contribution in [3.05, 3.63) is 27.1 Å². The van der Waals surface area contributed by atoms with Gasteiger partial charge in [0, 0.05) is 4.88 Å². The topological polar surface area (TPSA) is 61.2 Å². The number of rotatable bonds is 4. The predicted octanol–water partition coefficient (Wildman–Crippen LogP) is 3.34. The van der Waals surface area contributed by atoms with Gasteiger partial charge in [-0.3, -0.25) is 9.36 Å². The summed E-state index contributed by atoms with van der Waals surface area (Å²) >= 11 is 1.62. The Hall–Kier alpha value is -1.69. The molecule has 6 heteroatoms. The molecule has 3 rings (SSSR count). The zero-order valence-electron chi connectivity index (χ0n) is 14.7. The molecule has 0 saturated carbocycles. The van der Waals surface area contributed by atoms with E-state index in [9.17, 15) is 9.59 Å². The molecule has 0 fully saturated rings. The summed E-state index contributed by atoms with van der Waals surface area (Å²) in [7, 11) is 0. The fourth-order valence-electron chi connectivity index (χ4n) is 3.10. The Morgan fingerprint density at radius 3 is 2.92 bits per heavy atom. The molecule has 0 radical (unpaired) electrons. The molecule has 24 heavy (non-hydrogen) atoms. The summed E-state index contributed by atoms with van der Waals surface area (Å²) < 4.78 is 6.68. The molecule has 2 heterocycles. The van der Waals surface area contributed by atoms with E-state index in [2.05, 4.69) is 11.9 Å². The van der Waals surface area contributed by atoms with Crippen LogP contribution in [0.1, 0.15) is 50.6 Å². The van der Waals surface area contributed by atoms with Gasteiger partial charge >= 0.3 is 5.97 Å². The maximum atomic E-state index is 12.9. The Morgan fingerprint density at radius 2 is 2.21 bits per heavy atom. The summed E-state index contributed by atoms with van der Waals surface area (Å²) in [4.78, 5) is 31.7. The van der Waals surface area contributed by atoms with Crippen LogP contribution in [0.4, 0.5) is 0 Å². The molecule has 2 aromatic rings. The lowest BCUT2D eigenvalue weighted by molar-refractivity contribution is -0.148. The number of fused-ring (bicyclic) bond motifs is 3. The molecule has 2 atom stereocenters. The van der Waals surface area contributed by atoms with Gasteiger partial charge in [-0.15, -0.1) is 11.3 Å². The van der Waals surface area contributed by atoms with Gasteiger partial charge in [0.05, 0.1) is 18.3 Å². The lowest BCUT2D eigenvalue weighted by atomic mass is 9.89. The van der Waals surface area contributed by atoms with Gasteiger partial charge in [0.25, 0.3) is 5.56 Å². The normalized spacial score (nSPS) is 18.6. The summed E-state index contributed by atoms with van der Waals surface area (Å²) in [5.41, 5.74) is 1.02. The number of thiophene rings is 1. The highest BCUT2D eigenvalue weighted by atomic mass is 32.1. The van der Waals surface area contributed by atoms with Gasteiger partial charge in [0.1, 0.15) is 10.9 Å². The van der Waals surface area contributed by atoms with Crippen molar-refractivity contribution in [3.63, 3.8) is 0 Å². The Balaban J connectivity index is 1.97. The minimum Gasteiger partial charge on any atom is -0.464 e. The second kappa shape index (κ2) is 6.67. The molecule has 0 bridgehead atoms. The number of aryl methyl sites for hydroxylation is 1. The van der Waals surface area contributed by atoms with E-state index >= 15 is 0 Å². The number of nitrogens with zero attached hydrogens (tertiary/aromatic N) is 2. The average molecular weight is 348 g/mol. The maximum Gasteiger partial charge on any atom is 0.329 e. The van der Waals surface area contributed by atoms with Crippen molar-refractivity contribution in [3.8, 4) is 0 Å². The highest BCUT2D eigenvalue weighted by Crippen LogP contribution is 2.35. The van der Waals surface area contributed by atoms with E-state index in [1.807, 2.05) is 13.8 Å². The predicted molar refractivity (Wildman–Crippen MR) is 95.6 cm³/mol. The number of carbonyl (C=O) groups is 1. The highest BCUT2D eigenvalue weighted by Gasteiger charge is 2.25. The molecule has 0 amide bonds. The number of aromatic nitrogens is 2. The summed E-state index contributed by atoms with van der Waals surface area (Å²) in [6.45, 7) is 8.26. The third-order valence-corrected chi connectivity index (χ3v) is 5.72. The molecular weight excluding hydrogens is 324 g/mol. The van der Waals surface area contributed by atoms with Crippen LogP contribution in [0, 0.1) is 11.8 Å². The third kappa shape index (κ3) is 3.11. The van der Waals surface area contributed by atoms with Gasteiger partial charge in [0.15, 0.2) is 0 Å². The van der Waals surface area contributed by atoms with Crippen LogP contribution in [-0.2, 0) is 22.4 Å². The van der Waals surface area contributed by atoms with Crippen molar-refractivity contribution >= 4 is 27.5 Å². The lowest BCUT2D eigenvalue weighted by Gasteiger charge is -2.18. The smallest absolute Gasteiger partial charge is 0.329 e. The monoisotopic (exact) mass is 348 g/mol. The summed E-state index contributed by atoms with van der Waals surface area (Å²) in [6.07, 6.45) is 4.52. The quantitative estimate of drug-likeness (QED) is 0.795. The van der Waals surface area contributed by atoms with Crippen LogP contribution in [0.5, 0.6) is 0 Å². The highest BCUT2D eigenvalue weighted by molar-refractivity contribution is 7.18. The summed E-state index contributed by atoms with van der Waals surface area (Å²) in [6, 6.07) is -0.661. The van der Waals surface area contributed by atoms with E-state index in [1.165, 1.54) is 15.8 Å². The van der Waals surface area contributed by atoms with Crippen molar-refractivity contribution in [2.24, 2.45) is 11.8 Å². The number of ether oxygens (including phenoxy) is 1. The second-order valence-electron chi connectivity index (χ2n) is 7.19. The van der Waals surface area contributed by atoms with Gasteiger partial charge < -0.3 is 4.74 Å². The van der Waals surface area contributed by atoms with E-state index in [4.69, 9.17) is 4.74 Å². The molecule has 1 aliphatic carbocycles. The van der Waals surface area contributed by atoms with Crippen molar-refractivity contribution in [1.29, 1.82) is 0 Å². The maximum absolute atomic E-state index is 12.9. The van der Waals surface area contributed by atoms with Gasteiger partial charge in [-0.05, 0) is 43.6 Å². The average Bonchev–Trinajstić information content (AvgIpc) is 2.90. The first-order valence-electron chi connectivity index (χ1n) is 8.56. The molecule has 5 nitrogen and oxygen atoms in total. The Morgan fingerprint density at radius 1 is 1.46 bits per heavy atom. The van der Waals surface area contributed by atoms with Crippen molar-refractivity contribution in [1.82, 2.24) is 9.55 Å². The molecule has 2 aromatic heterocycles. The standard InChI is InChI=1S/C18H24N2O3S/c1-10(2)8-23-18(22)12(4)20-9-19-16-15(17(20)21)13-6-5-11(3)7-14(13)24-16/h9-12H,5-8H2,1-4H3/t11-,12-/m1/s1. The van der Waals surface area contributed by atoms with Crippen LogP contribution in [0.3, 0.4) is 0 Å². The third-order valence-electron chi connectivity index (χ3n) is 4.56. The van der Waals surface area contributed by atoms with E-state index < -0.39 is 6.04 Å². The number of carbonyl (C=O) groups excluding carboxylic acids is 1. The van der Waals surface area contributed by atoms with E-state index in [1.54, 1.807) is 18.3 Å². The van der Waals surface area contributed by atoms with Gasteiger partial charge in [-0.1, -0.05) is 20.8 Å². The minimum absolute atomic E-state index is 0.124. The first-order chi connectivity index (χ1) is 11.4. The largest absolute Gasteiger partial charge is 0.464 e. The molecule has 0 unspecified atom stereocenters. The molecule has 130 valence electrons. The number of esters is 1. The number of hydrogen-bond acceptors (Lipinski definition) is 5. The first kappa shape index (κ1) is 17.1. The van der Waals surface area contributed by atoms with E-state index in [0.29, 0.717) is 17.9 Å². The Labute approximate surface area is 145 Å². The lowest BCUT2D eigenvalue weighted by Crippen LogP contribution is -2.30. The van der Waals surface area contributed by atoms with Crippen molar-refractivity contribution in [2.75, 3.05) is 6.61 Å². The van der Waals surface area contributed by atoms with Crippen LogP contribution in [0.2, 0.25) is 0 Å². The zero-order chi connectivity index (χ0) is 17.4. The van der Waals surface area contributed by atoms with Crippen molar-refractivity contribution in [2.45, 2.75) is 53.0 Å². The van der Waals surface area contributed by atoms with Gasteiger partial charge in [-0.25, -0.2) is 9.78 Å². The fraction of sp³-hybridized carbons (Fsp3) is 0.611. The first-order valence-corrected chi connectivity index (χ1v) is 9.38. The van der Waals surface area contributed by atoms with E-state index in [0.717, 1.165) is 29.7 Å². The molecule has 0 N–H and O–H groups in total.